The Morgan fingerprint density at radius 1 is 1.05 bits per heavy atom. The molecule has 0 radical (unpaired) electrons. The molecule has 232 valence electrons. The molecule has 44 heavy (non-hydrogen) atoms. The van der Waals surface area contributed by atoms with Gasteiger partial charge in [-0.15, -0.1) is 0 Å². The van der Waals surface area contributed by atoms with Crippen molar-refractivity contribution in [3.05, 3.63) is 66.1 Å². The average molecular weight is 602 g/mol. The number of hydrogen-bond donors (Lipinski definition) is 4. The maximum Gasteiger partial charge on any atom is 0.251 e. The third-order valence-corrected chi connectivity index (χ3v) is 8.04. The minimum absolute atomic E-state index is 0.118. The summed E-state index contributed by atoms with van der Waals surface area (Å²) in [4.78, 5) is 35.5. The van der Waals surface area contributed by atoms with Crippen LogP contribution in [0.25, 0.3) is 22.3 Å². The fraction of sp³-hybridized carbons (Fsp3) is 0.424. The molecule has 1 saturated carbocycles. The van der Waals surface area contributed by atoms with Gasteiger partial charge in [0.05, 0.1) is 17.5 Å². The number of nitrogens with one attached hydrogen (secondary N) is 3. The topological polar surface area (TPSA) is 134 Å². The Bertz CT molecular complexity index is 1580. The van der Waals surface area contributed by atoms with E-state index in [1.54, 1.807) is 18.3 Å². The van der Waals surface area contributed by atoms with E-state index in [1.807, 2.05) is 30.7 Å². The number of carbonyl (C=O) groups excluding carboxylic acids is 2. The summed E-state index contributed by atoms with van der Waals surface area (Å²) in [5.41, 5.74) is 3.12. The van der Waals surface area contributed by atoms with E-state index in [9.17, 15) is 19.1 Å². The van der Waals surface area contributed by atoms with E-state index in [-0.39, 0.29) is 29.9 Å². The summed E-state index contributed by atoms with van der Waals surface area (Å²) < 4.78 is 15.2. The zero-order valence-corrected chi connectivity index (χ0v) is 25.4. The number of nitrogens with zero attached hydrogens (tertiary/aromatic N) is 4. The monoisotopic (exact) mass is 601 g/mol. The molecule has 1 atom stereocenters. The Kier molecular flexibility index (Phi) is 9.84. The molecule has 0 aliphatic heterocycles. The van der Waals surface area contributed by atoms with Gasteiger partial charge < -0.3 is 21.1 Å². The predicted octanol–water partition coefficient (Wildman–Crippen LogP) is 5.71. The number of hydrogen-bond acceptors (Lipinski definition) is 7. The number of aromatic nitrogens is 4. The minimum Gasteiger partial charge on any atom is -0.393 e. The molecule has 0 bridgehead atoms. The van der Waals surface area contributed by atoms with Crippen LogP contribution in [-0.2, 0) is 4.79 Å². The lowest BCUT2D eigenvalue weighted by molar-refractivity contribution is -0.118. The van der Waals surface area contributed by atoms with Gasteiger partial charge in [-0.3, -0.25) is 9.59 Å². The van der Waals surface area contributed by atoms with Gasteiger partial charge in [0, 0.05) is 29.6 Å². The van der Waals surface area contributed by atoms with Crippen molar-refractivity contribution < 1.29 is 19.1 Å². The van der Waals surface area contributed by atoms with Crippen molar-refractivity contribution in [3.8, 4) is 11.3 Å². The summed E-state index contributed by atoms with van der Waals surface area (Å²) in [5, 5.41) is 24.7. The molecule has 2 amide bonds. The van der Waals surface area contributed by atoms with Crippen LogP contribution in [-0.4, -0.2) is 55.4 Å². The Morgan fingerprint density at radius 2 is 1.75 bits per heavy atom. The molecule has 2 heterocycles. The van der Waals surface area contributed by atoms with Gasteiger partial charge in [-0.1, -0.05) is 39.3 Å². The van der Waals surface area contributed by atoms with E-state index in [1.165, 1.54) is 24.3 Å². The molecule has 0 saturated heterocycles. The number of amides is 2. The molecule has 0 spiro atoms. The second-order valence-electron chi connectivity index (χ2n) is 11.7. The van der Waals surface area contributed by atoms with Crippen LogP contribution in [0.3, 0.4) is 0 Å². The Hall–Kier alpha value is -4.38. The SMILES string of the molecule is CCCCNc1ncc2c(-c3ccc(C(=O)NC(C(=O)Nc4ccc(F)cc4)C(C)C)cc3)nn([C@H]3CC[C@@H](O)CC3)c2n1. The Balaban J connectivity index is 1.36. The first kappa shape index (κ1) is 31.1. The van der Waals surface area contributed by atoms with Gasteiger partial charge >= 0.3 is 0 Å². The van der Waals surface area contributed by atoms with Crippen molar-refractivity contribution in [2.24, 2.45) is 5.92 Å². The number of aliphatic hydroxyl groups excluding tert-OH is 1. The van der Waals surface area contributed by atoms with E-state index in [0.717, 1.165) is 67.4 Å². The summed E-state index contributed by atoms with van der Waals surface area (Å²) in [6.07, 6.45) is 6.65. The zero-order valence-electron chi connectivity index (χ0n) is 25.4. The third kappa shape index (κ3) is 7.21. The lowest BCUT2D eigenvalue weighted by atomic mass is 9.93. The Labute approximate surface area is 256 Å². The second kappa shape index (κ2) is 13.9. The number of unbranched alkanes of at least 4 members (excludes halogenated alkanes) is 1. The van der Waals surface area contributed by atoms with Crippen molar-refractivity contribution in [1.29, 1.82) is 0 Å². The molecule has 4 aromatic rings. The van der Waals surface area contributed by atoms with Crippen LogP contribution < -0.4 is 16.0 Å². The van der Waals surface area contributed by atoms with Gasteiger partial charge in [0.15, 0.2) is 5.65 Å². The van der Waals surface area contributed by atoms with E-state index < -0.39 is 11.9 Å². The maximum absolute atomic E-state index is 13.3. The number of halogens is 1. The first-order valence-corrected chi connectivity index (χ1v) is 15.4. The largest absolute Gasteiger partial charge is 0.393 e. The predicted molar refractivity (Wildman–Crippen MR) is 169 cm³/mol. The highest BCUT2D eigenvalue weighted by atomic mass is 19.1. The number of anilines is 2. The molecule has 1 fully saturated rings. The van der Waals surface area contributed by atoms with Crippen LogP contribution in [0, 0.1) is 11.7 Å². The van der Waals surface area contributed by atoms with Crippen LogP contribution in [0.15, 0.2) is 54.7 Å². The molecule has 10 nitrogen and oxygen atoms in total. The summed E-state index contributed by atoms with van der Waals surface area (Å²) >= 11 is 0. The number of carbonyl (C=O) groups is 2. The highest BCUT2D eigenvalue weighted by Crippen LogP contribution is 2.34. The minimum atomic E-state index is -0.793. The zero-order chi connectivity index (χ0) is 31.2. The van der Waals surface area contributed by atoms with Gasteiger partial charge in [-0.25, -0.2) is 14.1 Å². The van der Waals surface area contributed by atoms with E-state index in [0.29, 0.717) is 17.2 Å². The average Bonchev–Trinajstić information content (AvgIpc) is 3.40. The van der Waals surface area contributed by atoms with Crippen LogP contribution >= 0.6 is 0 Å². The van der Waals surface area contributed by atoms with Gasteiger partial charge in [0.25, 0.3) is 5.91 Å². The van der Waals surface area contributed by atoms with Gasteiger partial charge in [-0.2, -0.15) is 10.1 Å². The van der Waals surface area contributed by atoms with Gasteiger partial charge in [0.2, 0.25) is 11.9 Å². The molecule has 1 aliphatic rings. The van der Waals surface area contributed by atoms with Crippen molar-refractivity contribution in [2.75, 3.05) is 17.2 Å². The van der Waals surface area contributed by atoms with Crippen LogP contribution in [0.4, 0.5) is 16.0 Å². The standard InChI is InChI=1S/C33H40FN7O3/c1-4-5-18-35-33-36-19-27-29(40-41(30(27)39-33)25-14-16-26(42)17-15-25)21-6-8-22(9-7-21)31(43)38-28(20(2)3)32(44)37-24-12-10-23(34)11-13-24/h6-13,19-20,25-26,28,42H,4-5,14-18H2,1-3H3,(H,37,44)(H,38,43)(H,35,36,39)/t25-,26+,28?. The summed E-state index contributed by atoms with van der Waals surface area (Å²) in [6.45, 7) is 6.61. The molecular weight excluding hydrogens is 561 g/mol. The third-order valence-electron chi connectivity index (χ3n) is 8.04. The number of fused-ring (bicyclic) bond motifs is 1. The maximum atomic E-state index is 13.3. The highest BCUT2D eigenvalue weighted by Gasteiger charge is 2.27. The number of rotatable bonds is 11. The van der Waals surface area contributed by atoms with Crippen LogP contribution in [0.1, 0.15) is 75.7 Å². The fourth-order valence-corrected chi connectivity index (χ4v) is 5.45. The lowest BCUT2D eigenvalue weighted by Crippen LogP contribution is -2.47. The van der Waals surface area contributed by atoms with Gasteiger partial charge in [-0.05, 0) is 74.4 Å². The molecule has 11 heteroatoms. The molecule has 5 rings (SSSR count). The van der Waals surface area contributed by atoms with E-state index in [4.69, 9.17) is 10.1 Å². The molecule has 2 aromatic carbocycles. The van der Waals surface area contributed by atoms with E-state index in [2.05, 4.69) is 27.9 Å². The summed E-state index contributed by atoms with van der Waals surface area (Å²) in [6, 6.07) is 11.9. The van der Waals surface area contributed by atoms with E-state index >= 15 is 0 Å². The van der Waals surface area contributed by atoms with Crippen molar-refractivity contribution in [2.45, 2.75) is 77.5 Å². The smallest absolute Gasteiger partial charge is 0.251 e. The molecule has 1 unspecified atom stereocenters. The molecular formula is C33H40FN7O3. The lowest BCUT2D eigenvalue weighted by Gasteiger charge is -2.25. The molecule has 4 N–H and O–H groups in total. The number of benzene rings is 2. The highest BCUT2D eigenvalue weighted by molar-refractivity contribution is 6.01. The normalized spacial score (nSPS) is 17.4. The molecule has 2 aromatic heterocycles. The summed E-state index contributed by atoms with van der Waals surface area (Å²) in [7, 11) is 0. The van der Waals surface area contributed by atoms with Crippen LogP contribution in [0.5, 0.6) is 0 Å². The quantitative estimate of drug-likeness (QED) is 0.162. The first-order valence-electron chi connectivity index (χ1n) is 15.4. The van der Waals surface area contributed by atoms with Crippen molar-refractivity contribution in [1.82, 2.24) is 25.1 Å². The van der Waals surface area contributed by atoms with Crippen molar-refractivity contribution >= 4 is 34.5 Å². The first-order chi connectivity index (χ1) is 21.2. The molecule has 1 aliphatic carbocycles. The summed E-state index contributed by atoms with van der Waals surface area (Å²) in [5.74, 6) is -0.787. The van der Waals surface area contributed by atoms with Gasteiger partial charge in [0.1, 0.15) is 17.6 Å². The van der Waals surface area contributed by atoms with Crippen LogP contribution in [0.2, 0.25) is 0 Å². The second-order valence-corrected chi connectivity index (χ2v) is 11.7. The number of aliphatic hydroxyl groups is 1. The Morgan fingerprint density at radius 3 is 2.41 bits per heavy atom. The van der Waals surface area contributed by atoms with Crippen molar-refractivity contribution in [3.63, 3.8) is 0 Å². The fourth-order valence-electron chi connectivity index (χ4n) is 5.45.